The van der Waals surface area contributed by atoms with Crippen molar-refractivity contribution in [2.45, 2.75) is 6.92 Å². The van der Waals surface area contributed by atoms with Gasteiger partial charge in [0.25, 0.3) is 5.91 Å². The molecule has 1 heterocycles. The molecule has 4 aromatic rings. The summed E-state index contributed by atoms with van der Waals surface area (Å²) >= 11 is 0. The Balaban J connectivity index is 1.38. The van der Waals surface area contributed by atoms with E-state index in [0.29, 0.717) is 22.6 Å². The van der Waals surface area contributed by atoms with Crippen LogP contribution in [-0.2, 0) is 0 Å². The number of aromatic nitrogens is 3. The highest BCUT2D eigenvalue weighted by Gasteiger charge is 2.10. The highest BCUT2D eigenvalue weighted by molar-refractivity contribution is 6.04. The zero-order chi connectivity index (χ0) is 20.9. The predicted molar refractivity (Wildman–Crippen MR) is 112 cm³/mol. The quantitative estimate of drug-likeness (QED) is 0.405. The molecule has 1 amide bonds. The molecule has 0 bridgehead atoms. The second kappa shape index (κ2) is 8.40. The van der Waals surface area contributed by atoms with Gasteiger partial charge in [-0.3, -0.25) is 4.79 Å². The summed E-state index contributed by atoms with van der Waals surface area (Å²) in [7, 11) is 0. The Morgan fingerprint density at radius 1 is 0.933 bits per heavy atom. The van der Waals surface area contributed by atoms with Crippen LogP contribution in [0, 0.1) is 6.92 Å². The van der Waals surface area contributed by atoms with Gasteiger partial charge in [-0.15, -0.1) is 0 Å². The maximum atomic E-state index is 12.4. The monoisotopic (exact) mass is 398 g/mol. The van der Waals surface area contributed by atoms with Crippen molar-refractivity contribution in [1.82, 2.24) is 14.8 Å². The Bertz CT molecular complexity index is 1170. The molecule has 0 atom stereocenters. The topological polar surface area (TPSA) is 86.1 Å². The van der Waals surface area contributed by atoms with Gasteiger partial charge in [-0.1, -0.05) is 17.7 Å². The third kappa shape index (κ3) is 4.41. The largest absolute Gasteiger partial charge is 0.423 e. The summed E-state index contributed by atoms with van der Waals surface area (Å²) in [6, 6.07) is 20.8. The molecule has 1 N–H and O–H groups in total. The van der Waals surface area contributed by atoms with Crippen molar-refractivity contribution in [2.24, 2.45) is 0 Å². The second-order valence-corrected chi connectivity index (χ2v) is 6.62. The van der Waals surface area contributed by atoms with Crippen molar-refractivity contribution < 1.29 is 14.3 Å². The average Bonchev–Trinajstić information content (AvgIpc) is 3.30. The van der Waals surface area contributed by atoms with Gasteiger partial charge in [0.15, 0.2) is 0 Å². The van der Waals surface area contributed by atoms with Gasteiger partial charge in [0.2, 0.25) is 0 Å². The number of carbonyl (C=O) groups is 2. The first-order chi connectivity index (χ1) is 14.6. The van der Waals surface area contributed by atoms with Gasteiger partial charge >= 0.3 is 5.97 Å². The van der Waals surface area contributed by atoms with Crippen molar-refractivity contribution in [3.05, 3.63) is 102 Å². The number of ether oxygens (including phenoxy) is 1. The van der Waals surface area contributed by atoms with Gasteiger partial charge in [-0.05, 0) is 67.6 Å². The third-order valence-corrected chi connectivity index (χ3v) is 4.39. The smallest absolute Gasteiger partial charge is 0.343 e. The molecule has 1 aromatic heterocycles. The Morgan fingerprint density at radius 3 is 2.37 bits per heavy atom. The Labute approximate surface area is 173 Å². The molecule has 0 saturated heterocycles. The number of nitrogens with one attached hydrogen (secondary N) is 1. The minimum absolute atomic E-state index is 0.198. The number of hydrogen-bond donors (Lipinski definition) is 1. The van der Waals surface area contributed by atoms with E-state index in [4.69, 9.17) is 4.74 Å². The predicted octanol–water partition coefficient (Wildman–Crippen LogP) is 4.05. The lowest BCUT2D eigenvalue weighted by Gasteiger charge is -2.08. The van der Waals surface area contributed by atoms with Gasteiger partial charge in [-0.2, -0.15) is 5.10 Å². The number of hydrogen-bond acceptors (Lipinski definition) is 5. The molecule has 0 unspecified atom stereocenters. The lowest BCUT2D eigenvalue weighted by Crippen LogP contribution is -2.12. The number of carbonyl (C=O) groups excluding carboxylic acids is 2. The van der Waals surface area contributed by atoms with Crippen LogP contribution in [0.1, 0.15) is 26.3 Å². The van der Waals surface area contributed by atoms with Crippen LogP contribution in [-0.4, -0.2) is 26.6 Å². The number of amides is 1. The molecule has 0 aliphatic carbocycles. The van der Waals surface area contributed by atoms with E-state index in [1.165, 1.54) is 6.33 Å². The maximum Gasteiger partial charge on any atom is 0.343 e. The highest BCUT2D eigenvalue weighted by atomic mass is 16.5. The number of anilines is 1. The summed E-state index contributed by atoms with van der Waals surface area (Å²) in [5, 5.41) is 6.86. The molecule has 0 radical (unpaired) electrons. The number of benzene rings is 3. The van der Waals surface area contributed by atoms with Crippen LogP contribution in [0.3, 0.4) is 0 Å². The van der Waals surface area contributed by atoms with Crippen LogP contribution in [0.15, 0.2) is 85.5 Å². The van der Waals surface area contributed by atoms with Crippen LogP contribution < -0.4 is 10.1 Å². The van der Waals surface area contributed by atoms with Gasteiger partial charge < -0.3 is 10.1 Å². The molecule has 148 valence electrons. The van der Waals surface area contributed by atoms with E-state index in [1.54, 1.807) is 65.6 Å². The minimum atomic E-state index is -0.475. The van der Waals surface area contributed by atoms with Crippen LogP contribution >= 0.6 is 0 Å². The number of esters is 1. The van der Waals surface area contributed by atoms with Gasteiger partial charge in [0, 0.05) is 11.3 Å². The molecule has 7 nitrogen and oxygen atoms in total. The first kappa shape index (κ1) is 19.1. The average molecular weight is 398 g/mol. The van der Waals surface area contributed by atoms with Crippen molar-refractivity contribution in [3.63, 3.8) is 0 Å². The summed E-state index contributed by atoms with van der Waals surface area (Å²) in [6.07, 6.45) is 3.02. The SMILES string of the molecule is Cc1cccc(C(=O)Nc2ccc(OC(=O)c3ccc(-n4cncn4)cc3)cc2)c1. The standard InChI is InChI=1S/C23H18N4O3/c1-16-3-2-4-18(13-16)22(28)26-19-7-11-21(12-8-19)30-23(29)17-5-9-20(10-6-17)27-15-24-14-25-27/h2-15H,1H3,(H,26,28). The summed E-state index contributed by atoms with van der Waals surface area (Å²) < 4.78 is 7.00. The molecule has 4 rings (SSSR count). The molecule has 0 aliphatic heterocycles. The Kier molecular flexibility index (Phi) is 5.34. The van der Waals surface area contributed by atoms with Crippen LogP contribution in [0.4, 0.5) is 5.69 Å². The van der Waals surface area contributed by atoms with E-state index in [-0.39, 0.29) is 5.91 Å². The molecule has 0 fully saturated rings. The first-order valence-corrected chi connectivity index (χ1v) is 9.24. The fourth-order valence-corrected chi connectivity index (χ4v) is 2.85. The first-order valence-electron chi connectivity index (χ1n) is 9.24. The molecule has 0 spiro atoms. The lowest BCUT2D eigenvalue weighted by atomic mass is 10.1. The van der Waals surface area contributed by atoms with Crippen LogP contribution in [0.5, 0.6) is 5.75 Å². The van der Waals surface area contributed by atoms with E-state index in [2.05, 4.69) is 15.4 Å². The fraction of sp³-hybridized carbons (Fsp3) is 0.0435. The van der Waals surface area contributed by atoms with E-state index in [0.717, 1.165) is 11.3 Å². The molecular formula is C23H18N4O3. The van der Waals surface area contributed by atoms with Gasteiger partial charge in [-0.25, -0.2) is 14.5 Å². The number of rotatable bonds is 5. The van der Waals surface area contributed by atoms with E-state index in [1.807, 2.05) is 25.1 Å². The van der Waals surface area contributed by atoms with Gasteiger partial charge in [0.1, 0.15) is 18.4 Å². The summed E-state index contributed by atoms with van der Waals surface area (Å²) in [5.41, 5.74) is 3.41. The van der Waals surface area contributed by atoms with E-state index in [9.17, 15) is 9.59 Å². The maximum absolute atomic E-state index is 12.4. The zero-order valence-corrected chi connectivity index (χ0v) is 16.1. The number of nitrogens with zero attached hydrogens (tertiary/aromatic N) is 3. The normalized spacial score (nSPS) is 10.4. The molecule has 30 heavy (non-hydrogen) atoms. The van der Waals surface area contributed by atoms with Crippen molar-refractivity contribution >= 4 is 17.6 Å². The summed E-state index contributed by atoms with van der Waals surface area (Å²) in [6.45, 7) is 1.93. The molecular weight excluding hydrogens is 380 g/mol. The van der Waals surface area contributed by atoms with Crippen molar-refractivity contribution in [2.75, 3.05) is 5.32 Å². The van der Waals surface area contributed by atoms with Crippen molar-refractivity contribution in [1.29, 1.82) is 0 Å². The molecule has 0 aliphatic rings. The van der Waals surface area contributed by atoms with E-state index < -0.39 is 5.97 Å². The second-order valence-electron chi connectivity index (χ2n) is 6.62. The fourth-order valence-electron chi connectivity index (χ4n) is 2.85. The molecule has 3 aromatic carbocycles. The van der Waals surface area contributed by atoms with Gasteiger partial charge in [0.05, 0.1) is 11.3 Å². The minimum Gasteiger partial charge on any atom is -0.423 e. The Hall–Kier alpha value is -4.26. The third-order valence-electron chi connectivity index (χ3n) is 4.39. The molecule has 0 saturated carbocycles. The van der Waals surface area contributed by atoms with E-state index >= 15 is 0 Å². The lowest BCUT2D eigenvalue weighted by molar-refractivity contribution is 0.0734. The Morgan fingerprint density at radius 2 is 1.70 bits per heavy atom. The number of aryl methyl sites for hydroxylation is 1. The zero-order valence-electron chi connectivity index (χ0n) is 16.1. The van der Waals surface area contributed by atoms with Crippen LogP contribution in [0.2, 0.25) is 0 Å². The van der Waals surface area contributed by atoms with Crippen molar-refractivity contribution in [3.8, 4) is 11.4 Å². The molecule has 7 heteroatoms. The summed E-state index contributed by atoms with van der Waals surface area (Å²) in [4.78, 5) is 28.6. The summed E-state index contributed by atoms with van der Waals surface area (Å²) in [5.74, 6) is -0.290. The highest BCUT2D eigenvalue weighted by Crippen LogP contribution is 2.18. The van der Waals surface area contributed by atoms with Crippen LogP contribution in [0.25, 0.3) is 5.69 Å².